The van der Waals surface area contributed by atoms with Gasteiger partial charge in [-0.05, 0) is 64.9 Å². The van der Waals surface area contributed by atoms with Crippen molar-refractivity contribution in [3.63, 3.8) is 0 Å². The van der Waals surface area contributed by atoms with E-state index < -0.39 is 0 Å². The molecule has 0 saturated carbocycles. The predicted octanol–water partition coefficient (Wildman–Crippen LogP) is 9.79. The summed E-state index contributed by atoms with van der Waals surface area (Å²) in [6, 6.07) is 44.1. The van der Waals surface area contributed by atoms with Crippen LogP contribution in [0.25, 0.3) is 73.0 Å². The number of hydrazone groups is 1. The van der Waals surface area contributed by atoms with Gasteiger partial charge >= 0.3 is 0 Å². The monoisotopic (exact) mass is 618 g/mol. The first-order valence-electron chi connectivity index (χ1n) is 15.6. The third-order valence-electron chi connectivity index (χ3n) is 8.62. The highest BCUT2D eigenvalue weighted by molar-refractivity contribution is 6.55. The number of nitrogens with zero attached hydrogens (tertiary/aromatic N) is 4. The molecule has 0 spiro atoms. The maximum absolute atomic E-state index is 9.07. The van der Waals surface area contributed by atoms with Crippen molar-refractivity contribution >= 4 is 55.9 Å². The van der Waals surface area contributed by atoms with E-state index in [1.165, 1.54) is 0 Å². The number of nitrogens with one attached hydrogen (secondary N) is 2. The van der Waals surface area contributed by atoms with Crippen molar-refractivity contribution < 1.29 is 4.42 Å². The van der Waals surface area contributed by atoms with Gasteiger partial charge in [0.15, 0.2) is 17.5 Å². The third-order valence-corrected chi connectivity index (χ3v) is 8.62. The molecule has 7 nitrogen and oxygen atoms in total. The summed E-state index contributed by atoms with van der Waals surface area (Å²) in [7, 11) is 0. The second-order valence-electron chi connectivity index (χ2n) is 11.6. The molecule has 0 unspecified atom stereocenters. The Balaban J connectivity index is 1.14. The number of aromatic nitrogens is 3. The fourth-order valence-corrected chi connectivity index (χ4v) is 6.23. The Hall–Kier alpha value is -6.73. The largest absolute Gasteiger partial charge is 0.456 e. The summed E-state index contributed by atoms with van der Waals surface area (Å²) in [6.45, 7) is 0. The zero-order valence-corrected chi connectivity index (χ0v) is 25.6. The van der Waals surface area contributed by atoms with Gasteiger partial charge in [-0.25, -0.2) is 15.0 Å². The van der Waals surface area contributed by atoms with Gasteiger partial charge in [-0.15, -0.1) is 0 Å². The molecule has 0 amide bonds. The quantitative estimate of drug-likeness (QED) is 0.187. The number of allylic oxidation sites excluding steroid dienone is 1. The Morgan fingerprint density at radius 3 is 2.02 bits per heavy atom. The number of hydrogen-bond donors (Lipinski definition) is 2. The fraction of sp³-hybridized carbons (Fsp3) is 0. The zero-order valence-electron chi connectivity index (χ0n) is 25.6. The van der Waals surface area contributed by atoms with E-state index >= 15 is 0 Å². The zero-order chi connectivity index (χ0) is 32.0. The second-order valence-corrected chi connectivity index (χ2v) is 11.6. The van der Waals surface area contributed by atoms with Crippen LogP contribution in [0.3, 0.4) is 0 Å². The van der Waals surface area contributed by atoms with Crippen molar-refractivity contribution in [1.82, 2.24) is 15.0 Å². The molecular formula is C41H26N6O. The summed E-state index contributed by atoms with van der Waals surface area (Å²) in [5, 5.41) is 17.6. The smallest absolute Gasteiger partial charge is 0.164 e. The van der Waals surface area contributed by atoms with E-state index in [0.717, 1.165) is 66.2 Å². The average molecular weight is 619 g/mol. The van der Waals surface area contributed by atoms with Crippen molar-refractivity contribution in [2.75, 3.05) is 5.43 Å². The molecule has 7 heteroatoms. The maximum Gasteiger partial charge on any atom is 0.164 e. The van der Waals surface area contributed by atoms with Crippen molar-refractivity contribution in [3.05, 3.63) is 151 Å². The summed E-state index contributed by atoms with van der Waals surface area (Å²) in [4.78, 5) is 14.9. The molecule has 226 valence electrons. The van der Waals surface area contributed by atoms with Crippen LogP contribution < -0.4 is 5.43 Å². The van der Waals surface area contributed by atoms with Crippen LogP contribution in [0.4, 0.5) is 5.69 Å². The highest BCUT2D eigenvalue weighted by Crippen LogP contribution is 2.34. The van der Waals surface area contributed by atoms with Crippen LogP contribution in [-0.2, 0) is 0 Å². The lowest BCUT2D eigenvalue weighted by atomic mass is 9.89. The Bertz CT molecular complexity index is 2600. The maximum atomic E-state index is 9.07. The SMILES string of the molecule is N=C1/C(=N\Nc2ccccc2)C=Cc2ccc3cc(-c4nc(-c5ccccc5)nc(-c5ccc6oc7ccccc7c6c5)n4)ccc3c21. The normalized spacial score (nSPS) is 13.4. The molecule has 1 aliphatic carbocycles. The summed E-state index contributed by atoms with van der Waals surface area (Å²) in [5.74, 6) is 1.74. The molecule has 2 aromatic heterocycles. The van der Waals surface area contributed by atoms with E-state index in [4.69, 9.17) is 24.8 Å². The number of anilines is 1. The number of fused-ring (bicyclic) bond motifs is 6. The lowest BCUT2D eigenvalue weighted by Crippen LogP contribution is -2.18. The van der Waals surface area contributed by atoms with E-state index in [1.54, 1.807) is 0 Å². The molecule has 2 heterocycles. The van der Waals surface area contributed by atoms with Gasteiger partial charge in [-0.1, -0.05) is 97.1 Å². The molecule has 8 aromatic rings. The molecule has 0 bridgehead atoms. The molecule has 0 atom stereocenters. The van der Waals surface area contributed by atoms with Crippen LogP contribution in [0.1, 0.15) is 11.1 Å². The van der Waals surface area contributed by atoms with Crippen LogP contribution in [0.15, 0.2) is 149 Å². The summed E-state index contributed by atoms with van der Waals surface area (Å²) < 4.78 is 6.07. The van der Waals surface area contributed by atoms with Crippen LogP contribution in [0.2, 0.25) is 0 Å². The van der Waals surface area contributed by atoms with E-state index in [-0.39, 0.29) is 0 Å². The topological polar surface area (TPSA) is 100 Å². The van der Waals surface area contributed by atoms with Gasteiger partial charge in [0.1, 0.15) is 16.9 Å². The molecule has 2 N–H and O–H groups in total. The number of furan rings is 1. The number of rotatable bonds is 5. The van der Waals surface area contributed by atoms with Gasteiger partial charge in [-0.2, -0.15) is 5.10 Å². The van der Waals surface area contributed by atoms with Crippen molar-refractivity contribution in [1.29, 1.82) is 5.41 Å². The van der Waals surface area contributed by atoms with Gasteiger partial charge in [0.2, 0.25) is 0 Å². The van der Waals surface area contributed by atoms with Crippen LogP contribution >= 0.6 is 0 Å². The summed E-state index contributed by atoms with van der Waals surface area (Å²) >= 11 is 0. The van der Waals surface area contributed by atoms with Crippen LogP contribution in [-0.4, -0.2) is 26.4 Å². The highest BCUT2D eigenvalue weighted by atomic mass is 16.3. The van der Waals surface area contributed by atoms with Crippen molar-refractivity contribution in [2.45, 2.75) is 0 Å². The summed E-state index contributed by atoms with van der Waals surface area (Å²) in [5.41, 5.74) is 11.0. The lowest BCUT2D eigenvalue weighted by molar-refractivity contribution is 0.669. The van der Waals surface area contributed by atoms with E-state index in [9.17, 15) is 0 Å². The number of benzene rings is 6. The Labute approximate surface area is 275 Å². The Morgan fingerprint density at radius 1 is 0.542 bits per heavy atom. The van der Waals surface area contributed by atoms with Gasteiger partial charge in [0.05, 0.1) is 11.4 Å². The Kier molecular flexibility index (Phi) is 6.47. The molecule has 6 aromatic carbocycles. The lowest BCUT2D eigenvalue weighted by Gasteiger charge is -2.17. The standard InChI is InChI=1S/C41H26N6O/c42-38-34(47-46-30-11-5-2-6-12-30)21-18-25-15-16-27-23-28(17-20-31(27)37(25)38)40-43-39(26-9-3-1-4-10-26)44-41(45-40)29-19-22-36-33(24-29)32-13-7-8-14-35(32)48-36/h1-24,42,46H/b42-38?,47-34-. The first-order chi connectivity index (χ1) is 23.7. The average Bonchev–Trinajstić information content (AvgIpc) is 3.53. The van der Waals surface area contributed by atoms with Gasteiger partial charge in [0.25, 0.3) is 0 Å². The first kappa shape index (κ1) is 27.6. The molecule has 0 radical (unpaired) electrons. The molecule has 0 fully saturated rings. The molecule has 9 rings (SSSR count). The first-order valence-corrected chi connectivity index (χ1v) is 15.6. The van der Waals surface area contributed by atoms with Gasteiger partial charge in [-0.3, -0.25) is 10.8 Å². The fourth-order valence-electron chi connectivity index (χ4n) is 6.23. The Morgan fingerprint density at radius 2 is 1.21 bits per heavy atom. The van der Waals surface area contributed by atoms with Gasteiger partial charge in [0, 0.05) is 33.0 Å². The van der Waals surface area contributed by atoms with E-state index in [2.05, 4.69) is 40.9 Å². The molecule has 48 heavy (non-hydrogen) atoms. The highest BCUT2D eigenvalue weighted by Gasteiger charge is 2.20. The third kappa shape index (κ3) is 4.82. The predicted molar refractivity (Wildman–Crippen MR) is 194 cm³/mol. The van der Waals surface area contributed by atoms with Crippen LogP contribution in [0.5, 0.6) is 0 Å². The molecule has 0 aliphatic heterocycles. The molecule has 0 saturated heterocycles. The minimum Gasteiger partial charge on any atom is -0.456 e. The van der Waals surface area contributed by atoms with Crippen molar-refractivity contribution in [3.8, 4) is 34.2 Å². The minimum absolute atomic E-state index is 0.366. The summed E-state index contributed by atoms with van der Waals surface area (Å²) in [6.07, 6.45) is 3.89. The molecule has 1 aliphatic rings. The minimum atomic E-state index is 0.366. The van der Waals surface area contributed by atoms with Crippen LogP contribution in [0, 0.1) is 5.41 Å². The van der Waals surface area contributed by atoms with Crippen molar-refractivity contribution in [2.24, 2.45) is 5.10 Å². The molecular weight excluding hydrogens is 592 g/mol. The van der Waals surface area contributed by atoms with Gasteiger partial charge < -0.3 is 4.42 Å². The number of para-hydroxylation sites is 2. The number of hydrogen-bond acceptors (Lipinski definition) is 7. The van der Waals surface area contributed by atoms with E-state index in [1.807, 2.05) is 115 Å². The van der Waals surface area contributed by atoms with E-state index in [0.29, 0.717) is 28.9 Å². The second kappa shape index (κ2) is 11.3.